The minimum absolute atomic E-state index is 0.000172. The second kappa shape index (κ2) is 5.28. The van der Waals surface area contributed by atoms with Crippen LogP contribution < -0.4 is 4.72 Å². The molecule has 1 fully saturated rings. The summed E-state index contributed by atoms with van der Waals surface area (Å²) in [5.74, 6) is 0. The van der Waals surface area contributed by atoms with E-state index in [4.69, 9.17) is 4.74 Å². The van der Waals surface area contributed by atoms with Gasteiger partial charge < -0.3 is 4.74 Å². The van der Waals surface area contributed by atoms with Gasteiger partial charge in [-0.05, 0) is 39.7 Å². The lowest BCUT2D eigenvalue weighted by Gasteiger charge is -2.19. The van der Waals surface area contributed by atoms with Crippen LogP contribution in [0, 0.1) is 13.8 Å². The van der Waals surface area contributed by atoms with Crippen LogP contribution in [0.1, 0.15) is 29.5 Å². The average Bonchev–Trinajstić information content (AvgIpc) is 2.86. The molecule has 1 aliphatic rings. The van der Waals surface area contributed by atoms with Gasteiger partial charge >= 0.3 is 0 Å². The number of aryl methyl sites for hydroxylation is 2. The Labute approximate surface area is 112 Å². The smallest absolute Gasteiger partial charge is 0.242 e. The van der Waals surface area contributed by atoms with Crippen molar-refractivity contribution < 1.29 is 13.2 Å². The van der Waals surface area contributed by atoms with Crippen molar-refractivity contribution in [3.63, 3.8) is 0 Å². The number of hydrogen-bond donors (Lipinski definition) is 1. The van der Waals surface area contributed by atoms with E-state index in [0.717, 1.165) is 29.2 Å². The normalized spacial score (nSPS) is 22.3. The zero-order valence-electron chi connectivity index (χ0n) is 10.9. The van der Waals surface area contributed by atoms with Crippen molar-refractivity contribution in [3.8, 4) is 0 Å². The van der Waals surface area contributed by atoms with Crippen LogP contribution in [0.3, 0.4) is 0 Å². The third kappa shape index (κ3) is 2.93. The van der Waals surface area contributed by atoms with Gasteiger partial charge in [-0.1, -0.05) is 0 Å². The molecule has 102 valence electrons. The highest BCUT2D eigenvalue weighted by Crippen LogP contribution is 2.25. The van der Waals surface area contributed by atoms with Gasteiger partial charge in [0.1, 0.15) is 0 Å². The van der Waals surface area contributed by atoms with Crippen LogP contribution in [0.25, 0.3) is 0 Å². The number of rotatable bonds is 4. The predicted octanol–water partition coefficient (Wildman–Crippen LogP) is 2.21. The molecule has 1 aromatic heterocycles. The fraction of sp³-hybridized carbons (Fsp3) is 0.667. The van der Waals surface area contributed by atoms with Crippen LogP contribution in [0.4, 0.5) is 0 Å². The summed E-state index contributed by atoms with van der Waals surface area (Å²) in [5, 5.41) is 0. The molecule has 2 heterocycles. The quantitative estimate of drug-likeness (QED) is 0.924. The van der Waals surface area contributed by atoms with Crippen LogP contribution in [0.5, 0.6) is 0 Å². The first kappa shape index (κ1) is 14.0. The van der Waals surface area contributed by atoms with Gasteiger partial charge in [-0.3, -0.25) is 0 Å². The Kier molecular flexibility index (Phi) is 4.11. The standard InChI is InChI=1S/C12H19NO3S2/c1-8-7-12(10(3)17-8)18(14,15)13-9(2)11-5-4-6-16-11/h7,9,11,13H,4-6H2,1-3H3/t9-,11-/m1/s1. The molecule has 2 atom stereocenters. The Bertz CT molecular complexity index is 515. The highest BCUT2D eigenvalue weighted by Gasteiger charge is 2.28. The van der Waals surface area contributed by atoms with E-state index in [-0.39, 0.29) is 12.1 Å². The lowest BCUT2D eigenvalue weighted by Crippen LogP contribution is -2.40. The second-order valence-electron chi connectivity index (χ2n) is 4.74. The Balaban J connectivity index is 2.14. The van der Waals surface area contributed by atoms with Crippen molar-refractivity contribution >= 4 is 21.4 Å². The van der Waals surface area contributed by atoms with E-state index in [0.29, 0.717) is 4.90 Å². The van der Waals surface area contributed by atoms with Crippen molar-refractivity contribution in [3.05, 3.63) is 15.8 Å². The molecule has 1 saturated heterocycles. The van der Waals surface area contributed by atoms with Gasteiger partial charge in [0.2, 0.25) is 10.0 Å². The van der Waals surface area contributed by atoms with Gasteiger partial charge in [0.25, 0.3) is 0 Å². The number of hydrogen-bond acceptors (Lipinski definition) is 4. The average molecular weight is 289 g/mol. The largest absolute Gasteiger partial charge is 0.377 e. The van der Waals surface area contributed by atoms with E-state index in [1.807, 2.05) is 20.8 Å². The summed E-state index contributed by atoms with van der Waals surface area (Å²) in [6, 6.07) is 1.54. The molecule has 0 unspecified atom stereocenters. The maximum atomic E-state index is 12.3. The van der Waals surface area contributed by atoms with E-state index in [9.17, 15) is 8.42 Å². The zero-order valence-corrected chi connectivity index (χ0v) is 12.5. The van der Waals surface area contributed by atoms with E-state index >= 15 is 0 Å². The minimum atomic E-state index is -3.43. The number of thiophene rings is 1. The fourth-order valence-corrected chi connectivity index (χ4v) is 5.08. The summed E-state index contributed by atoms with van der Waals surface area (Å²) in [5.41, 5.74) is 0. The molecular formula is C12H19NO3S2. The SMILES string of the molecule is Cc1cc(S(=O)(=O)N[C@H](C)[C@H]2CCCO2)c(C)s1. The first-order valence-electron chi connectivity index (χ1n) is 6.11. The first-order valence-corrected chi connectivity index (χ1v) is 8.41. The third-order valence-electron chi connectivity index (χ3n) is 3.15. The molecule has 0 spiro atoms. The van der Waals surface area contributed by atoms with E-state index in [1.165, 1.54) is 11.3 Å². The van der Waals surface area contributed by atoms with Crippen molar-refractivity contribution in [2.75, 3.05) is 6.61 Å². The molecule has 1 aromatic rings. The van der Waals surface area contributed by atoms with E-state index in [1.54, 1.807) is 6.07 Å². The molecule has 1 aliphatic heterocycles. The Morgan fingerprint density at radius 2 is 2.22 bits per heavy atom. The molecule has 6 heteroatoms. The Morgan fingerprint density at radius 1 is 1.50 bits per heavy atom. The first-order chi connectivity index (χ1) is 8.40. The maximum absolute atomic E-state index is 12.3. The summed E-state index contributed by atoms with van der Waals surface area (Å²) in [7, 11) is -3.43. The lowest BCUT2D eigenvalue weighted by molar-refractivity contribution is 0.0902. The topological polar surface area (TPSA) is 55.4 Å². The Morgan fingerprint density at radius 3 is 2.72 bits per heavy atom. The van der Waals surface area contributed by atoms with Crippen molar-refractivity contribution in [2.45, 2.75) is 50.7 Å². The number of ether oxygens (including phenoxy) is 1. The van der Waals surface area contributed by atoms with Crippen LogP contribution in [-0.4, -0.2) is 27.2 Å². The van der Waals surface area contributed by atoms with Gasteiger partial charge in [-0.25, -0.2) is 13.1 Å². The van der Waals surface area contributed by atoms with Gasteiger partial charge in [-0.2, -0.15) is 0 Å². The molecule has 0 amide bonds. The molecule has 0 aliphatic carbocycles. The monoisotopic (exact) mass is 289 g/mol. The fourth-order valence-electron chi connectivity index (χ4n) is 2.26. The molecule has 18 heavy (non-hydrogen) atoms. The van der Waals surface area contributed by atoms with Crippen molar-refractivity contribution in [2.24, 2.45) is 0 Å². The molecule has 1 N–H and O–H groups in total. The highest BCUT2D eigenvalue weighted by molar-refractivity contribution is 7.89. The van der Waals surface area contributed by atoms with Crippen molar-refractivity contribution in [1.29, 1.82) is 0 Å². The summed E-state index contributed by atoms with van der Waals surface area (Å²) < 4.78 is 32.8. The van der Waals surface area contributed by atoms with Crippen LogP contribution in [0.15, 0.2) is 11.0 Å². The molecule has 0 aromatic carbocycles. The van der Waals surface area contributed by atoms with E-state index in [2.05, 4.69) is 4.72 Å². The third-order valence-corrected chi connectivity index (χ3v) is 5.93. The molecule has 0 saturated carbocycles. The summed E-state index contributed by atoms with van der Waals surface area (Å²) >= 11 is 1.51. The van der Waals surface area contributed by atoms with Gasteiger partial charge in [0.15, 0.2) is 0 Å². The summed E-state index contributed by atoms with van der Waals surface area (Å²) in [6.45, 7) is 6.35. The van der Waals surface area contributed by atoms with E-state index < -0.39 is 10.0 Å². The highest BCUT2D eigenvalue weighted by atomic mass is 32.2. The molecular weight excluding hydrogens is 270 g/mol. The lowest BCUT2D eigenvalue weighted by atomic mass is 10.1. The second-order valence-corrected chi connectivity index (χ2v) is 7.88. The molecule has 0 radical (unpaired) electrons. The number of nitrogens with one attached hydrogen (secondary N) is 1. The summed E-state index contributed by atoms with van der Waals surface area (Å²) in [6.07, 6.45) is 1.93. The summed E-state index contributed by atoms with van der Waals surface area (Å²) in [4.78, 5) is 2.24. The molecule has 2 rings (SSSR count). The van der Waals surface area contributed by atoms with Crippen LogP contribution in [0.2, 0.25) is 0 Å². The minimum Gasteiger partial charge on any atom is -0.377 e. The number of sulfonamides is 1. The van der Waals surface area contributed by atoms with Gasteiger partial charge in [-0.15, -0.1) is 11.3 Å². The van der Waals surface area contributed by atoms with Crippen LogP contribution in [-0.2, 0) is 14.8 Å². The molecule has 4 nitrogen and oxygen atoms in total. The predicted molar refractivity (Wildman–Crippen MR) is 72.6 cm³/mol. The van der Waals surface area contributed by atoms with Crippen molar-refractivity contribution in [1.82, 2.24) is 4.72 Å². The maximum Gasteiger partial charge on any atom is 0.242 e. The molecule has 0 bridgehead atoms. The van der Waals surface area contributed by atoms with Gasteiger partial charge in [0.05, 0.1) is 11.0 Å². The zero-order chi connectivity index (χ0) is 13.3. The van der Waals surface area contributed by atoms with Gasteiger partial charge in [0, 0.05) is 22.4 Å². The Hall–Kier alpha value is -0.430. The van der Waals surface area contributed by atoms with Crippen LogP contribution >= 0.6 is 11.3 Å².